The molecule has 1 N–H and O–H groups in total. The molecule has 0 aromatic heterocycles. The van der Waals surface area contributed by atoms with E-state index in [1.807, 2.05) is 42.5 Å². The molecule has 1 amide bonds. The molecule has 1 aromatic rings. The smallest absolute Gasteiger partial charge is 0.253 e. The van der Waals surface area contributed by atoms with Gasteiger partial charge in [0.1, 0.15) is 0 Å². The molecular formula is C15H22N2OS. The summed E-state index contributed by atoms with van der Waals surface area (Å²) in [5, 5.41) is 3.22. The van der Waals surface area contributed by atoms with Crippen molar-refractivity contribution in [2.45, 2.75) is 17.7 Å². The number of thioether (sulfide) groups is 1. The summed E-state index contributed by atoms with van der Waals surface area (Å²) in [6.45, 7) is 2.83. The molecule has 0 radical (unpaired) electrons. The molecule has 2 rings (SSSR count). The fourth-order valence-corrected chi connectivity index (χ4v) is 2.95. The van der Waals surface area contributed by atoms with E-state index >= 15 is 0 Å². The van der Waals surface area contributed by atoms with E-state index in [2.05, 4.69) is 5.32 Å². The summed E-state index contributed by atoms with van der Waals surface area (Å²) in [7, 11) is 1.99. The lowest BCUT2D eigenvalue weighted by atomic mass is 9.96. The normalized spacial score (nSPS) is 16.6. The van der Waals surface area contributed by atoms with Crippen LogP contribution in [-0.2, 0) is 0 Å². The Morgan fingerprint density at radius 2 is 1.95 bits per heavy atom. The van der Waals surface area contributed by atoms with Crippen LogP contribution in [-0.4, -0.2) is 43.7 Å². The van der Waals surface area contributed by atoms with E-state index in [0.717, 1.165) is 38.0 Å². The van der Waals surface area contributed by atoms with E-state index in [1.54, 1.807) is 11.8 Å². The number of amides is 1. The van der Waals surface area contributed by atoms with Crippen molar-refractivity contribution in [2.75, 3.05) is 32.9 Å². The average molecular weight is 278 g/mol. The van der Waals surface area contributed by atoms with Crippen LogP contribution in [0.2, 0.25) is 0 Å². The third-order valence-corrected chi connectivity index (χ3v) is 4.48. The Morgan fingerprint density at radius 1 is 1.32 bits per heavy atom. The van der Waals surface area contributed by atoms with Crippen LogP contribution < -0.4 is 5.32 Å². The number of rotatable bonds is 4. The first-order valence-corrected chi connectivity index (χ1v) is 8.05. The number of carbonyl (C=O) groups is 1. The van der Waals surface area contributed by atoms with Crippen molar-refractivity contribution in [3.63, 3.8) is 0 Å². The van der Waals surface area contributed by atoms with Crippen LogP contribution in [0.3, 0.4) is 0 Å². The molecule has 0 saturated carbocycles. The molecule has 104 valence electrons. The van der Waals surface area contributed by atoms with Gasteiger partial charge in [-0.3, -0.25) is 4.79 Å². The van der Waals surface area contributed by atoms with Crippen LogP contribution in [0.4, 0.5) is 0 Å². The van der Waals surface area contributed by atoms with Crippen molar-refractivity contribution >= 4 is 17.7 Å². The van der Waals surface area contributed by atoms with Gasteiger partial charge in [-0.15, -0.1) is 11.8 Å². The maximum Gasteiger partial charge on any atom is 0.253 e. The number of nitrogens with one attached hydrogen (secondary N) is 1. The lowest BCUT2D eigenvalue weighted by molar-refractivity contribution is 0.0691. The van der Waals surface area contributed by atoms with Gasteiger partial charge in [0.2, 0.25) is 0 Å². The quantitative estimate of drug-likeness (QED) is 0.859. The number of hydrogen-bond acceptors (Lipinski definition) is 3. The summed E-state index contributed by atoms with van der Waals surface area (Å²) in [6.07, 6.45) is 4.26. The Balaban J connectivity index is 1.93. The van der Waals surface area contributed by atoms with Crippen molar-refractivity contribution in [1.29, 1.82) is 0 Å². The second kappa shape index (κ2) is 6.96. The molecule has 1 saturated heterocycles. The van der Waals surface area contributed by atoms with E-state index in [0.29, 0.717) is 5.92 Å². The minimum Gasteiger partial charge on any atom is -0.339 e. The molecule has 1 aliphatic rings. The van der Waals surface area contributed by atoms with Gasteiger partial charge in [-0.1, -0.05) is 0 Å². The molecular weight excluding hydrogens is 256 g/mol. The molecule has 0 bridgehead atoms. The SMILES string of the molecule is CNCC1CCN(C(=O)c2ccc(SC)cc2)CC1. The fourth-order valence-electron chi connectivity index (χ4n) is 2.55. The van der Waals surface area contributed by atoms with Crippen molar-refractivity contribution in [3.8, 4) is 0 Å². The van der Waals surface area contributed by atoms with Gasteiger partial charge < -0.3 is 10.2 Å². The van der Waals surface area contributed by atoms with E-state index < -0.39 is 0 Å². The summed E-state index contributed by atoms with van der Waals surface area (Å²) in [6, 6.07) is 7.92. The van der Waals surface area contributed by atoms with E-state index in [4.69, 9.17) is 0 Å². The summed E-state index contributed by atoms with van der Waals surface area (Å²) < 4.78 is 0. The maximum absolute atomic E-state index is 12.4. The van der Waals surface area contributed by atoms with Gasteiger partial charge in [-0.2, -0.15) is 0 Å². The highest BCUT2D eigenvalue weighted by atomic mass is 32.2. The number of piperidine rings is 1. The molecule has 4 heteroatoms. The van der Waals surface area contributed by atoms with Gasteiger partial charge in [-0.25, -0.2) is 0 Å². The molecule has 0 unspecified atom stereocenters. The number of hydrogen-bond donors (Lipinski definition) is 1. The number of likely N-dealkylation sites (tertiary alicyclic amines) is 1. The highest BCUT2D eigenvalue weighted by molar-refractivity contribution is 7.98. The molecule has 1 heterocycles. The van der Waals surface area contributed by atoms with Gasteiger partial charge >= 0.3 is 0 Å². The summed E-state index contributed by atoms with van der Waals surface area (Å²) >= 11 is 1.70. The largest absolute Gasteiger partial charge is 0.339 e. The topological polar surface area (TPSA) is 32.3 Å². The lowest BCUT2D eigenvalue weighted by Crippen LogP contribution is -2.40. The van der Waals surface area contributed by atoms with Crippen molar-refractivity contribution in [1.82, 2.24) is 10.2 Å². The van der Waals surface area contributed by atoms with E-state index in [1.165, 1.54) is 4.90 Å². The second-order valence-electron chi connectivity index (χ2n) is 5.02. The van der Waals surface area contributed by atoms with Crippen LogP contribution in [0.1, 0.15) is 23.2 Å². The third-order valence-electron chi connectivity index (χ3n) is 3.73. The summed E-state index contributed by atoms with van der Waals surface area (Å²) in [4.78, 5) is 15.6. The first-order chi connectivity index (χ1) is 9.24. The monoisotopic (exact) mass is 278 g/mol. The Bertz CT molecular complexity index is 411. The predicted molar refractivity (Wildman–Crippen MR) is 80.8 cm³/mol. The lowest BCUT2D eigenvalue weighted by Gasteiger charge is -2.32. The van der Waals surface area contributed by atoms with Crippen LogP contribution in [0.25, 0.3) is 0 Å². The van der Waals surface area contributed by atoms with Gasteiger partial charge in [0.15, 0.2) is 0 Å². The summed E-state index contributed by atoms with van der Waals surface area (Å²) in [5.41, 5.74) is 0.810. The van der Waals surface area contributed by atoms with Gasteiger partial charge in [0, 0.05) is 23.5 Å². The first-order valence-electron chi connectivity index (χ1n) is 6.82. The third kappa shape index (κ3) is 3.74. The zero-order valence-electron chi connectivity index (χ0n) is 11.7. The van der Waals surface area contributed by atoms with Crippen molar-refractivity contribution < 1.29 is 4.79 Å². The zero-order valence-corrected chi connectivity index (χ0v) is 12.5. The predicted octanol–water partition coefficient (Wildman–Crippen LogP) is 2.48. The molecule has 19 heavy (non-hydrogen) atoms. The van der Waals surface area contributed by atoms with Gasteiger partial charge in [0.05, 0.1) is 0 Å². The fraction of sp³-hybridized carbons (Fsp3) is 0.533. The molecule has 1 aromatic carbocycles. The summed E-state index contributed by atoms with van der Waals surface area (Å²) in [5.74, 6) is 0.892. The van der Waals surface area contributed by atoms with Crippen LogP contribution >= 0.6 is 11.8 Å². The molecule has 1 fully saturated rings. The first kappa shape index (κ1) is 14.4. The van der Waals surface area contributed by atoms with Gasteiger partial charge in [0.25, 0.3) is 5.91 Å². The Labute approximate surface area is 119 Å². The van der Waals surface area contributed by atoms with E-state index in [-0.39, 0.29) is 5.91 Å². The van der Waals surface area contributed by atoms with E-state index in [9.17, 15) is 4.79 Å². The minimum absolute atomic E-state index is 0.176. The Kier molecular flexibility index (Phi) is 5.28. The highest BCUT2D eigenvalue weighted by Crippen LogP contribution is 2.20. The maximum atomic E-state index is 12.4. The molecule has 0 spiro atoms. The molecule has 0 aliphatic carbocycles. The Morgan fingerprint density at radius 3 is 2.47 bits per heavy atom. The van der Waals surface area contributed by atoms with Crippen molar-refractivity contribution in [3.05, 3.63) is 29.8 Å². The van der Waals surface area contributed by atoms with Crippen LogP contribution in [0, 0.1) is 5.92 Å². The average Bonchev–Trinajstić information content (AvgIpc) is 2.48. The van der Waals surface area contributed by atoms with Gasteiger partial charge in [-0.05, 0) is 62.9 Å². The number of benzene rings is 1. The minimum atomic E-state index is 0.176. The van der Waals surface area contributed by atoms with Crippen LogP contribution in [0.15, 0.2) is 29.2 Å². The second-order valence-corrected chi connectivity index (χ2v) is 5.90. The standard InChI is InChI=1S/C15H22N2OS/c1-16-11-12-7-9-17(10-8-12)15(18)13-3-5-14(19-2)6-4-13/h3-6,12,16H,7-11H2,1-2H3. The Hall–Kier alpha value is -1.00. The van der Waals surface area contributed by atoms with Crippen LogP contribution in [0.5, 0.6) is 0 Å². The molecule has 0 atom stereocenters. The number of carbonyl (C=O) groups excluding carboxylic acids is 1. The number of nitrogens with zero attached hydrogens (tertiary/aromatic N) is 1. The van der Waals surface area contributed by atoms with Crippen molar-refractivity contribution in [2.24, 2.45) is 5.92 Å². The molecule has 1 aliphatic heterocycles. The zero-order chi connectivity index (χ0) is 13.7. The molecule has 3 nitrogen and oxygen atoms in total. The highest BCUT2D eigenvalue weighted by Gasteiger charge is 2.22.